The summed E-state index contributed by atoms with van der Waals surface area (Å²) in [5, 5.41) is 21.4. The third-order valence-electron chi connectivity index (χ3n) is 6.20. The van der Waals surface area contributed by atoms with Crippen molar-refractivity contribution in [1.82, 2.24) is 24.8 Å². The Labute approximate surface area is 214 Å². The van der Waals surface area contributed by atoms with Crippen LogP contribution in [0.15, 0.2) is 54.9 Å². The van der Waals surface area contributed by atoms with E-state index < -0.39 is 29.5 Å². The lowest BCUT2D eigenvalue weighted by Gasteiger charge is -2.18. The van der Waals surface area contributed by atoms with Gasteiger partial charge in [-0.1, -0.05) is 0 Å². The van der Waals surface area contributed by atoms with Crippen LogP contribution in [0.1, 0.15) is 53.1 Å². The molecule has 1 aliphatic carbocycles. The molecule has 0 radical (unpaired) electrons. The molecular formula is C26H18F3N7O2. The number of carbonyl (C=O) groups excluding carboxylic acids is 1. The number of benzene rings is 1. The van der Waals surface area contributed by atoms with Gasteiger partial charge in [0, 0.05) is 18.0 Å². The molecule has 4 aromatic rings. The summed E-state index contributed by atoms with van der Waals surface area (Å²) in [6.07, 6.45) is -1.04. The van der Waals surface area contributed by atoms with Gasteiger partial charge < -0.3 is 10.1 Å². The maximum atomic E-state index is 13.2. The van der Waals surface area contributed by atoms with Crippen molar-refractivity contribution in [2.24, 2.45) is 0 Å². The molecule has 1 saturated carbocycles. The fraction of sp³-hybridized carbons (Fsp3) is 0.231. The standard InChI is InChI=1S/C26H18F3N7O2/c1-15(22-35-20-3-2-8-32-23(20)36(22)21-5-4-16(12-30)13-33-21)34-24(37)17-9-18(25(14-31)6-7-25)11-19(10-17)38-26(27,28)29/h2-5,8-11,13,15H,6-7H2,1H3,(H,34,37)/t15-/m0/s1. The van der Waals surface area contributed by atoms with E-state index in [0.29, 0.717) is 41.2 Å². The molecule has 9 nitrogen and oxygen atoms in total. The number of amides is 1. The van der Waals surface area contributed by atoms with Crippen molar-refractivity contribution >= 4 is 17.1 Å². The SMILES string of the molecule is C[C@H](NC(=O)c1cc(OC(F)(F)F)cc(C2(C#N)CC2)c1)c1nc2cccnc2n1-c1ccc(C#N)cn1. The van der Waals surface area contributed by atoms with E-state index in [2.05, 4.69) is 31.1 Å². The molecule has 1 amide bonds. The highest BCUT2D eigenvalue weighted by Gasteiger charge is 2.46. The minimum absolute atomic E-state index is 0.0904. The fourth-order valence-electron chi connectivity index (χ4n) is 4.16. The summed E-state index contributed by atoms with van der Waals surface area (Å²) in [5.74, 6) is -0.483. The zero-order chi connectivity index (χ0) is 27.1. The van der Waals surface area contributed by atoms with Crippen LogP contribution in [0.25, 0.3) is 17.0 Å². The predicted molar refractivity (Wildman–Crippen MR) is 127 cm³/mol. The van der Waals surface area contributed by atoms with Gasteiger partial charge in [0.25, 0.3) is 5.91 Å². The molecule has 5 rings (SSSR count). The van der Waals surface area contributed by atoms with E-state index in [4.69, 9.17) is 5.26 Å². The van der Waals surface area contributed by atoms with Crippen molar-refractivity contribution in [3.05, 3.63) is 77.4 Å². The van der Waals surface area contributed by atoms with E-state index in [-0.39, 0.29) is 11.1 Å². The Morgan fingerprint density at radius 2 is 1.97 bits per heavy atom. The van der Waals surface area contributed by atoms with Crippen molar-refractivity contribution in [3.63, 3.8) is 0 Å². The van der Waals surface area contributed by atoms with E-state index in [0.717, 1.165) is 12.1 Å². The highest BCUT2D eigenvalue weighted by atomic mass is 19.4. The number of hydrogen-bond acceptors (Lipinski definition) is 7. The van der Waals surface area contributed by atoms with Crippen LogP contribution in [-0.4, -0.2) is 31.8 Å². The molecular weight excluding hydrogens is 499 g/mol. The van der Waals surface area contributed by atoms with Crippen LogP contribution in [-0.2, 0) is 5.41 Å². The highest BCUT2D eigenvalue weighted by molar-refractivity contribution is 5.95. The van der Waals surface area contributed by atoms with Gasteiger partial charge >= 0.3 is 6.36 Å². The molecule has 0 spiro atoms. The Balaban J connectivity index is 1.51. The van der Waals surface area contributed by atoms with Crippen LogP contribution in [0.2, 0.25) is 0 Å². The molecule has 1 atom stereocenters. The number of imidazole rings is 1. The third-order valence-corrected chi connectivity index (χ3v) is 6.20. The number of carbonyl (C=O) groups is 1. The number of rotatable bonds is 6. The van der Waals surface area contributed by atoms with E-state index in [1.165, 1.54) is 12.3 Å². The highest BCUT2D eigenvalue weighted by Crippen LogP contribution is 2.48. The van der Waals surface area contributed by atoms with E-state index in [1.54, 1.807) is 42.0 Å². The Bertz CT molecular complexity index is 1630. The van der Waals surface area contributed by atoms with Crippen LogP contribution < -0.4 is 10.1 Å². The van der Waals surface area contributed by atoms with Gasteiger partial charge in [0.15, 0.2) is 5.65 Å². The van der Waals surface area contributed by atoms with Crippen LogP contribution in [0.5, 0.6) is 5.75 Å². The number of alkyl halides is 3. The minimum atomic E-state index is -4.96. The van der Waals surface area contributed by atoms with Gasteiger partial charge in [-0.15, -0.1) is 13.2 Å². The number of pyridine rings is 2. The van der Waals surface area contributed by atoms with Gasteiger partial charge in [-0.05, 0) is 67.8 Å². The average molecular weight is 517 g/mol. The smallest absolute Gasteiger partial charge is 0.406 e. The summed E-state index contributed by atoms with van der Waals surface area (Å²) in [7, 11) is 0. The summed E-state index contributed by atoms with van der Waals surface area (Å²) in [6, 6.07) is 13.6. The molecule has 1 aliphatic rings. The van der Waals surface area contributed by atoms with Crippen molar-refractivity contribution < 1.29 is 22.7 Å². The molecule has 0 unspecified atom stereocenters. The Kier molecular flexibility index (Phi) is 5.96. The van der Waals surface area contributed by atoms with E-state index in [1.807, 2.05) is 6.07 Å². The quantitative estimate of drug-likeness (QED) is 0.395. The topological polar surface area (TPSA) is 130 Å². The zero-order valence-electron chi connectivity index (χ0n) is 19.8. The number of nitriles is 2. The summed E-state index contributed by atoms with van der Waals surface area (Å²) in [6.45, 7) is 1.66. The molecule has 38 heavy (non-hydrogen) atoms. The number of halogens is 3. The maximum Gasteiger partial charge on any atom is 0.573 e. The van der Waals surface area contributed by atoms with E-state index >= 15 is 0 Å². The second-order valence-electron chi connectivity index (χ2n) is 8.85. The van der Waals surface area contributed by atoms with Gasteiger partial charge in [-0.3, -0.25) is 9.36 Å². The largest absolute Gasteiger partial charge is 0.573 e. The van der Waals surface area contributed by atoms with Crippen molar-refractivity contribution in [1.29, 1.82) is 10.5 Å². The van der Waals surface area contributed by atoms with Gasteiger partial charge in [0.2, 0.25) is 0 Å². The normalized spacial score (nSPS) is 14.8. The lowest BCUT2D eigenvalue weighted by atomic mass is 9.95. The second-order valence-corrected chi connectivity index (χ2v) is 8.85. The summed E-state index contributed by atoms with van der Waals surface area (Å²) >= 11 is 0. The average Bonchev–Trinajstić information content (AvgIpc) is 3.60. The first kappa shape index (κ1) is 24.7. The lowest BCUT2D eigenvalue weighted by Crippen LogP contribution is -2.29. The summed E-state index contributed by atoms with van der Waals surface area (Å²) in [5.41, 5.74) is 0.615. The number of fused-ring (bicyclic) bond motifs is 1. The molecule has 1 fully saturated rings. The first-order chi connectivity index (χ1) is 18.1. The third kappa shape index (κ3) is 4.72. The number of aromatic nitrogens is 4. The van der Waals surface area contributed by atoms with Gasteiger partial charge in [0.05, 0.1) is 23.1 Å². The first-order valence-electron chi connectivity index (χ1n) is 11.5. The summed E-state index contributed by atoms with van der Waals surface area (Å²) in [4.78, 5) is 26.5. The number of ether oxygens (including phenoxy) is 1. The van der Waals surface area contributed by atoms with Crippen LogP contribution in [0.4, 0.5) is 13.2 Å². The summed E-state index contributed by atoms with van der Waals surface area (Å²) < 4.78 is 44.6. The second kappa shape index (κ2) is 9.16. The molecule has 190 valence electrons. The van der Waals surface area contributed by atoms with Crippen LogP contribution in [0, 0.1) is 22.7 Å². The fourth-order valence-corrected chi connectivity index (χ4v) is 4.16. The van der Waals surface area contributed by atoms with Crippen molar-refractivity contribution in [2.45, 2.75) is 37.6 Å². The van der Waals surface area contributed by atoms with Crippen LogP contribution >= 0.6 is 0 Å². The molecule has 3 heterocycles. The zero-order valence-corrected chi connectivity index (χ0v) is 19.8. The van der Waals surface area contributed by atoms with Crippen molar-refractivity contribution in [2.75, 3.05) is 0 Å². The predicted octanol–water partition coefficient (Wildman–Crippen LogP) is 4.63. The Morgan fingerprint density at radius 3 is 2.61 bits per heavy atom. The molecule has 1 aromatic carbocycles. The number of hydrogen-bond donors (Lipinski definition) is 1. The molecule has 0 aliphatic heterocycles. The number of nitrogens with zero attached hydrogens (tertiary/aromatic N) is 6. The Morgan fingerprint density at radius 1 is 1.18 bits per heavy atom. The molecule has 1 N–H and O–H groups in total. The van der Waals surface area contributed by atoms with Gasteiger partial charge in [-0.2, -0.15) is 10.5 Å². The molecule has 0 bridgehead atoms. The van der Waals surface area contributed by atoms with Gasteiger partial charge in [0.1, 0.15) is 29.0 Å². The first-order valence-corrected chi connectivity index (χ1v) is 11.5. The van der Waals surface area contributed by atoms with Gasteiger partial charge in [-0.25, -0.2) is 15.0 Å². The molecule has 12 heteroatoms. The molecule has 0 saturated heterocycles. The monoisotopic (exact) mass is 517 g/mol. The minimum Gasteiger partial charge on any atom is -0.406 e. The van der Waals surface area contributed by atoms with E-state index in [9.17, 15) is 23.2 Å². The Hall–Kier alpha value is -4.97. The maximum absolute atomic E-state index is 13.2. The lowest BCUT2D eigenvalue weighted by molar-refractivity contribution is -0.274. The van der Waals surface area contributed by atoms with Crippen molar-refractivity contribution in [3.8, 4) is 23.7 Å². The van der Waals surface area contributed by atoms with Crippen LogP contribution in [0.3, 0.4) is 0 Å². The molecule has 3 aromatic heterocycles. The number of nitrogens with one attached hydrogen (secondary N) is 1.